The zero-order valence-corrected chi connectivity index (χ0v) is 16.1. The number of hydrogen-bond acceptors (Lipinski definition) is 5. The number of carbonyl (C=O) groups is 1. The van der Waals surface area contributed by atoms with Gasteiger partial charge in [0.05, 0.1) is 22.9 Å². The summed E-state index contributed by atoms with van der Waals surface area (Å²) in [5.74, 6) is 0.943. The fourth-order valence-electron chi connectivity index (χ4n) is 2.41. The van der Waals surface area contributed by atoms with Gasteiger partial charge in [-0.1, -0.05) is 36.2 Å². The van der Waals surface area contributed by atoms with Crippen molar-refractivity contribution in [1.29, 1.82) is 0 Å². The molecular weight excluding hydrogens is 389 g/mol. The highest BCUT2D eigenvalue weighted by atomic mass is 35.5. The van der Waals surface area contributed by atoms with E-state index in [0.717, 1.165) is 12.0 Å². The predicted molar refractivity (Wildman–Crippen MR) is 103 cm³/mol. The Hall–Kier alpha value is -2.57. The first-order chi connectivity index (χ1) is 13.1. The lowest BCUT2D eigenvalue weighted by Crippen LogP contribution is -2.29. The molecule has 1 amide bonds. The van der Waals surface area contributed by atoms with Gasteiger partial charge in [-0.25, -0.2) is 0 Å². The molecule has 0 N–H and O–H groups in total. The van der Waals surface area contributed by atoms with Crippen molar-refractivity contribution in [3.8, 4) is 11.7 Å². The molecule has 0 atom stereocenters. The molecule has 27 heavy (non-hydrogen) atoms. The van der Waals surface area contributed by atoms with E-state index in [-0.39, 0.29) is 18.3 Å². The van der Waals surface area contributed by atoms with Crippen LogP contribution in [0, 0.1) is 0 Å². The van der Waals surface area contributed by atoms with Crippen molar-refractivity contribution in [2.75, 3.05) is 6.54 Å². The van der Waals surface area contributed by atoms with Crippen molar-refractivity contribution >= 4 is 35.2 Å². The van der Waals surface area contributed by atoms with E-state index in [1.165, 1.54) is 12.3 Å². The molecule has 0 saturated carbocycles. The van der Waals surface area contributed by atoms with Crippen LogP contribution in [-0.2, 0) is 11.3 Å². The molecule has 3 aromatic rings. The summed E-state index contributed by atoms with van der Waals surface area (Å²) in [6.45, 7) is 2.76. The van der Waals surface area contributed by atoms with Crippen molar-refractivity contribution in [2.45, 2.75) is 19.9 Å². The topological polar surface area (TPSA) is 72.4 Å². The summed E-state index contributed by atoms with van der Waals surface area (Å²) in [7, 11) is 0. The van der Waals surface area contributed by atoms with Gasteiger partial charge in [-0.05, 0) is 42.3 Å². The van der Waals surface area contributed by atoms with Crippen LogP contribution in [0.2, 0.25) is 10.0 Å². The molecule has 8 heteroatoms. The van der Waals surface area contributed by atoms with E-state index in [1.54, 1.807) is 41.3 Å². The SMILES string of the molecule is CCCN(Cc1nnc(-c2ccco2)o1)C(=O)/C=C/c1ccc(Cl)c(Cl)c1. The molecule has 0 unspecified atom stereocenters. The van der Waals surface area contributed by atoms with Gasteiger partial charge in [-0.15, -0.1) is 10.2 Å². The van der Waals surface area contributed by atoms with E-state index in [9.17, 15) is 4.79 Å². The van der Waals surface area contributed by atoms with Gasteiger partial charge in [0.2, 0.25) is 11.8 Å². The molecule has 0 radical (unpaired) electrons. The largest absolute Gasteiger partial charge is 0.459 e. The van der Waals surface area contributed by atoms with Crippen LogP contribution in [0.5, 0.6) is 0 Å². The first-order valence-electron chi connectivity index (χ1n) is 8.35. The molecule has 2 heterocycles. The number of carbonyl (C=O) groups excluding carboxylic acids is 1. The molecule has 0 fully saturated rings. The van der Waals surface area contributed by atoms with Gasteiger partial charge in [0.1, 0.15) is 0 Å². The third kappa shape index (κ3) is 4.99. The maximum Gasteiger partial charge on any atom is 0.283 e. The Kier molecular flexibility index (Phi) is 6.32. The number of halogens is 2. The minimum atomic E-state index is -0.166. The van der Waals surface area contributed by atoms with E-state index >= 15 is 0 Å². The molecule has 0 aliphatic heterocycles. The minimum Gasteiger partial charge on any atom is -0.459 e. The maximum absolute atomic E-state index is 12.6. The van der Waals surface area contributed by atoms with Gasteiger partial charge < -0.3 is 13.7 Å². The number of amides is 1. The van der Waals surface area contributed by atoms with Crippen LogP contribution in [0.25, 0.3) is 17.7 Å². The van der Waals surface area contributed by atoms with Crippen LogP contribution >= 0.6 is 23.2 Å². The summed E-state index contributed by atoms with van der Waals surface area (Å²) in [6, 6.07) is 8.64. The summed E-state index contributed by atoms with van der Waals surface area (Å²) in [6.07, 6.45) is 5.50. The van der Waals surface area contributed by atoms with Gasteiger partial charge in [0.25, 0.3) is 5.89 Å². The Bertz CT molecular complexity index is 936. The molecule has 0 bridgehead atoms. The van der Waals surface area contributed by atoms with Crippen LogP contribution in [0.1, 0.15) is 24.8 Å². The Labute approximate surface area is 166 Å². The summed E-state index contributed by atoms with van der Waals surface area (Å²) >= 11 is 11.9. The quantitative estimate of drug-likeness (QED) is 0.511. The number of rotatable bonds is 7. The van der Waals surface area contributed by atoms with Crippen LogP contribution in [0.4, 0.5) is 0 Å². The molecule has 0 aliphatic rings. The second-order valence-electron chi connectivity index (χ2n) is 5.74. The highest BCUT2D eigenvalue weighted by Crippen LogP contribution is 2.23. The number of benzene rings is 1. The number of nitrogens with zero attached hydrogens (tertiary/aromatic N) is 3. The molecule has 140 valence electrons. The van der Waals surface area contributed by atoms with Crippen LogP contribution in [-0.4, -0.2) is 27.5 Å². The van der Waals surface area contributed by atoms with Crippen LogP contribution in [0.15, 0.2) is 51.5 Å². The molecule has 1 aromatic carbocycles. The van der Waals surface area contributed by atoms with E-state index in [4.69, 9.17) is 32.0 Å². The molecule has 0 aliphatic carbocycles. The fourth-order valence-corrected chi connectivity index (χ4v) is 2.71. The highest BCUT2D eigenvalue weighted by molar-refractivity contribution is 6.42. The van der Waals surface area contributed by atoms with Crippen molar-refractivity contribution in [1.82, 2.24) is 15.1 Å². The lowest BCUT2D eigenvalue weighted by molar-refractivity contribution is -0.126. The standard InChI is InChI=1S/C19H17Cl2N3O3/c1-2-9-24(12-17-22-23-19(27-17)16-4-3-10-26-16)18(25)8-6-13-5-7-14(20)15(21)11-13/h3-8,10-11H,2,9,12H2,1H3/b8-6+. The molecule has 6 nitrogen and oxygen atoms in total. The summed E-state index contributed by atoms with van der Waals surface area (Å²) in [5.41, 5.74) is 0.784. The molecule has 0 spiro atoms. The van der Waals surface area contributed by atoms with Crippen molar-refractivity contribution < 1.29 is 13.6 Å². The van der Waals surface area contributed by atoms with Gasteiger partial charge in [-0.2, -0.15) is 0 Å². The van der Waals surface area contributed by atoms with Gasteiger partial charge in [0, 0.05) is 12.6 Å². The predicted octanol–water partition coefficient (Wildman–Crippen LogP) is 5.09. The molecule has 0 saturated heterocycles. The summed E-state index contributed by atoms with van der Waals surface area (Å²) in [4.78, 5) is 14.2. The number of aromatic nitrogens is 2. The van der Waals surface area contributed by atoms with E-state index < -0.39 is 0 Å². The maximum atomic E-state index is 12.6. The van der Waals surface area contributed by atoms with E-state index in [1.807, 2.05) is 6.92 Å². The first-order valence-corrected chi connectivity index (χ1v) is 9.10. The Morgan fingerprint density at radius 1 is 1.22 bits per heavy atom. The number of hydrogen-bond donors (Lipinski definition) is 0. The van der Waals surface area contributed by atoms with Gasteiger partial charge in [-0.3, -0.25) is 4.79 Å². The third-order valence-corrected chi connectivity index (χ3v) is 4.43. The minimum absolute atomic E-state index is 0.166. The smallest absolute Gasteiger partial charge is 0.283 e. The Balaban J connectivity index is 1.69. The summed E-state index contributed by atoms with van der Waals surface area (Å²) < 4.78 is 10.8. The molecule has 3 rings (SSSR count). The van der Waals surface area contributed by atoms with E-state index in [2.05, 4.69) is 10.2 Å². The zero-order chi connectivity index (χ0) is 19.2. The summed E-state index contributed by atoms with van der Waals surface area (Å²) in [5, 5.41) is 8.85. The molecule has 2 aromatic heterocycles. The zero-order valence-electron chi connectivity index (χ0n) is 14.6. The fraction of sp³-hybridized carbons (Fsp3) is 0.211. The third-order valence-electron chi connectivity index (χ3n) is 3.69. The Morgan fingerprint density at radius 3 is 2.78 bits per heavy atom. The van der Waals surface area contributed by atoms with Crippen molar-refractivity contribution in [3.63, 3.8) is 0 Å². The normalized spacial score (nSPS) is 11.2. The van der Waals surface area contributed by atoms with Gasteiger partial charge >= 0.3 is 0 Å². The van der Waals surface area contributed by atoms with Crippen molar-refractivity contribution in [3.05, 3.63) is 64.2 Å². The Morgan fingerprint density at radius 2 is 2.07 bits per heavy atom. The highest BCUT2D eigenvalue weighted by Gasteiger charge is 2.16. The van der Waals surface area contributed by atoms with Crippen LogP contribution < -0.4 is 0 Å². The lowest BCUT2D eigenvalue weighted by atomic mass is 10.2. The lowest BCUT2D eigenvalue weighted by Gasteiger charge is -2.18. The van der Waals surface area contributed by atoms with Gasteiger partial charge in [0.15, 0.2) is 5.76 Å². The van der Waals surface area contributed by atoms with Crippen LogP contribution in [0.3, 0.4) is 0 Å². The second-order valence-corrected chi connectivity index (χ2v) is 6.56. The van der Waals surface area contributed by atoms with Crippen molar-refractivity contribution in [2.24, 2.45) is 0 Å². The molecular formula is C19H17Cl2N3O3. The average molecular weight is 406 g/mol. The number of furan rings is 1. The first kappa shape index (κ1) is 19.2. The second kappa shape index (κ2) is 8.88. The van der Waals surface area contributed by atoms with E-state index in [0.29, 0.717) is 28.2 Å². The monoisotopic (exact) mass is 405 g/mol. The average Bonchev–Trinajstić information content (AvgIpc) is 3.33.